The number of pyridine rings is 1. The topological polar surface area (TPSA) is 42.2 Å². The average molecular weight is 139 g/mol. The molecule has 1 rings (SSSR count). The standard InChI is InChI=1S/C7H9NO2/c1-5-3-6(9)4-8(2)7(5)10/h3-4,9H,1-2H3. The third-order valence-electron chi connectivity index (χ3n) is 1.35. The van der Waals surface area contributed by atoms with Gasteiger partial charge in [-0.1, -0.05) is 0 Å². The molecule has 0 aliphatic heterocycles. The van der Waals surface area contributed by atoms with Crippen LogP contribution in [0.25, 0.3) is 0 Å². The fraction of sp³-hybridized carbons (Fsp3) is 0.286. The summed E-state index contributed by atoms with van der Waals surface area (Å²) in [5, 5.41) is 8.96. The fourth-order valence-corrected chi connectivity index (χ4v) is 0.856. The van der Waals surface area contributed by atoms with Gasteiger partial charge < -0.3 is 9.67 Å². The van der Waals surface area contributed by atoms with Gasteiger partial charge in [-0.25, -0.2) is 0 Å². The average Bonchev–Trinajstić information content (AvgIpc) is 1.82. The molecule has 0 bridgehead atoms. The molecule has 0 spiro atoms. The Kier molecular flexibility index (Phi) is 1.49. The van der Waals surface area contributed by atoms with Crippen molar-refractivity contribution in [3.05, 3.63) is 28.2 Å². The molecule has 10 heavy (non-hydrogen) atoms. The van der Waals surface area contributed by atoms with E-state index in [-0.39, 0.29) is 11.3 Å². The van der Waals surface area contributed by atoms with Crippen molar-refractivity contribution >= 4 is 0 Å². The monoisotopic (exact) mass is 139 g/mol. The summed E-state index contributed by atoms with van der Waals surface area (Å²) >= 11 is 0. The minimum Gasteiger partial charge on any atom is -0.506 e. The van der Waals surface area contributed by atoms with E-state index in [1.165, 1.54) is 16.8 Å². The Morgan fingerprint density at radius 2 is 2.20 bits per heavy atom. The van der Waals surface area contributed by atoms with E-state index in [9.17, 15) is 4.79 Å². The highest BCUT2D eigenvalue weighted by atomic mass is 16.3. The molecular weight excluding hydrogens is 130 g/mol. The number of hydrogen-bond acceptors (Lipinski definition) is 2. The normalized spacial score (nSPS) is 9.80. The maximum Gasteiger partial charge on any atom is 0.253 e. The predicted octanol–water partition coefficient (Wildman–Crippen LogP) is 0.399. The largest absolute Gasteiger partial charge is 0.506 e. The van der Waals surface area contributed by atoms with Crippen molar-refractivity contribution in [1.82, 2.24) is 4.57 Å². The summed E-state index contributed by atoms with van der Waals surface area (Å²) in [7, 11) is 1.61. The van der Waals surface area contributed by atoms with Crippen molar-refractivity contribution in [3.63, 3.8) is 0 Å². The lowest BCUT2D eigenvalue weighted by Gasteiger charge is -1.98. The molecule has 1 N–H and O–H groups in total. The lowest BCUT2D eigenvalue weighted by molar-refractivity contribution is 0.467. The van der Waals surface area contributed by atoms with E-state index in [1.807, 2.05) is 0 Å². The van der Waals surface area contributed by atoms with Crippen LogP contribution in [0, 0.1) is 6.92 Å². The number of aromatic hydroxyl groups is 1. The minimum absolute atomic E-state index is 0.0715. The van der Waals surface area contributed by atoms with Gasteiger partial charge in [-0.05, 0) is 13.0 Å². The number of rotatable bonds is 0. The Balaban J connectivity index is 3.46. The Morgan fingerprint density at radius 3 is 2.70 bits per heavy atom. The quantitative estimate of drug-likeness (QED) is 0.565. The summed E-state index contributed by atoms with van der Waals surface area (Å²) in [6, 6.07) is 1.45. The maximum atomic E-state index is 11.0. The molecule has 0 aromatic carbocycles. The molecule has 0 fully saturated rings. The van der Waals surface area contributed by atoms with Crippen LogP contribution in [0.2, 0.25) is 0 Å². The van der Waals surface area contributed by atoms with Gasteiger partial charge in [-0.3, -0.25) is 4.79 Å². The highest BCUT2D eigenvalue weighted by molar-refractivity contribution is 5.21. The number of aryl methyl sites for hydroxylation is 2. The van der Waals surface area contributed by atoms with Gasteiger partial charge in [-0.15, -0.1) is 0 Å². The van der Waals surface area contributed by atoms with E-state index in [1.54, 1.807) is 14.0 Å². The van der Waals surface area contributed by atoms with Gasteiger partial charge in [0, 0.05) is 18.8 Å². The molecular formula is C7H9NO2. The van der Waals surface area contributed by atoms with Crippen LogP contribution in [0.15, 0.2) is 17.1 Å². The molecule has 54 valence electrons. The molecule has 0 aliphatic carbocycles. The van der Waals surface area contributed by atoms with Gasteiger partial charge in [0.15, 0.2) is 0 Å². The van der Waals surface area contributed by atoms with Crippen molar-refractivity contribution in [1.29, 1.82) is 0 Å². The molecule has 0 unspecified atom stereocenters. The SMILES string of the molecule is Cc1cc(O)cn(C)c1=O. The summed E-state index contributed by atoms with van der Waals surface area (Å²) in [5.74, 6) is 0.125. The van der Waals surface area contributed by atoms with Crippen molar-refractivity contribution in [2.24, 2.45) is 7.05 Å². The second-order valence-corrected chi connectivity index (χ2v) is 2.30. The Morgan fingerprint density at radius 1 is 1.60 bits per heavy atom. The predicted molar refractivity (Wildman–Crippen MR) is 38.1 cm³/mol. The van der Waals surface area contributed by atoms with E-state index >= 15 is 0 Å². The highest BCUT2D eigenvalue weighted by Crippen LogP contribution is 2.04. The smallest absolute Gasteiger partial charge is 0.253 e. The molecule has 0 radical (unpaired) electrons. The second kappa shape index (κ2) is 2.17. The van der Waals surface area contributed by atoms with Crippen LogP contribution in [0.5, 0.6) is 5.75 Å². The van der Waals surface area contributed by atoms with Gasteiger partial charge in [-0.2, -0.15) is 0 Å². The van der Waals surface area contributed by atoms with Crippen LogP contribution in [0.1, 0.15) is 5.56 Å². The van der Waals surface area contributed by atoms with E-state index in [2.05, 4.69) is 0 Å². The Hall–Kier alpha value is -1.25. The van der Waals surface area contributed by atoms with Crippen LogP contribution in [0.4, 0.5) is 0 Å². The molecule has 3 nitrogen and oxygen atoms in total. The van der Waals surface area contributed by atoms with Gasteiger partial charge in [0.2, 0.25) is 0 Å². The van der Waals surface area contributed by atoms with E-state index in [0.29, 0.717) is 5.56 Å². The zero-order valence-corrected chi connectivity index (χ0v) is 5.96. The molecule has 1 aromatic heterocycles. The lowest BCUT2D eigenvalue weighted by Crippen LogP contribution is -2.17. The second-order valence-electron chi connectivity index (χ2n) is 2.30. The summed E-state index contributed by atoms with van der Waals surface area (Å²) in [6.45, 7) is 1.67. The summed E-state index contributed by atoms with van der Waals surface area (Å²) in [4.78, 5) is 11.0. The van der Waals surface area contributed by atoms with E-state index < -0.39 is 0 Å². The van der Waals surface area contributed by atoms with E-state index in [0.717, 1.165) is 0 Å². The minimum atomic E-state index is -0.0715. The summed E-state index contributed by atoms with van der Waals surface area (Å²) in [5.41, 5.74) is 0.486. The maximum absolute atomic E-state index is 11.0. The first-order valence-electron chi connectivity index (χ1n) is 2.97. The van der Waals surface area contributed by atoms with Crippen LogP contribution in [-0.4, -0.2) is 9.67 Å². The number of hydrogen-bond donors (Lipinski definition) is 1. The molecule has 0 aliphatic rings. The first-order chi connectivity index (χ1) is 4.61. The Labute approximate surface area is 58.5 Å². The molecule has 0 saturated heterocycles. The summed E-state index contributed by atoms with van der Waals surface area (Å²) in [6.07, 6.45) is 1.38. The van der Waals surface area contributed by atoms with Gasteiger partial charge >= 0.3 is 0 Å². The fourth-order valence-electron chi connectivity index (χ4n) is 0.856. The zero-order valence-electron chi connectivity index (χ0n) is 5.96. The van der Waals surface area contributed by atoms with E-state index in [4.69, 9.17) is 5.11 Å². The molecule has 0 amide bonds. The van der Waals surface area contributed by atoms with Gasteiger partial charge in [0.1, 0.15) is 5.75 Å². The van der Waals surface area contributed by atoms with Crippen LogP contribution in [0.3, 0.4) is 0 Å². The first-order valence-corrected chi connectivity index (χ1v) is 2.97. The third-order valence-corrected chi connectivity index (χ3v) is 1.35. The van der Waals surface area contributed by atoms with Crippen molar-refractivity contribution in [2.45, 2.75) is 6.92 Å². The molecule has 1 aromatic rings. The van der Waals surface area contributed by atoms with Crippen molar-refractivity contribution in [2.75, 3.05) is 0 Å². The zero-order chi connectivity index (χ0) is 7.72. The molecule has 0 atom stereocenters. The van der Waals surface area contributed by atoms with Crippen LogP contribution in [-0.2, 0) is 7.05 Å². The third kappa shape index (κ3) is 1.03. The number of nitrogens with zero attached hydrogens (tertiary/aromatic N) is 1. The first kappa shape index (κ1) is 6.86. The molecule has 0 saturated carbocycles. The van der Waals surface area contributed by atoms with Gasteiger partial charge in [0.05, 0.1) is 0 Å². The highest BCUT2D eigenvalue weighted by Gasteiger charge is 1.96. The van der Waals surface area contributed by atoms with Crippen molar-refractivity contribution < 1.29 is 5.11 Å². The lowest BCUT2D eigenvalue weighted by atomic mass is 10.3. The van der Waals surface area contributed by atoms with Gasteiger partial charge in [0.25, 0.3) is 5.56 Å². The Bertz CT molecular complexity index is 275. The van der Waals surface area contributed by atoms with Crippen LogP contribution >= 0.6 is 0 Å². The summed E-state index contributed by atoms with van der Waals surface area (Å²) < 4.78 is 1.35. The molecule has 1 heterocycles. The van der Waals surface area contributed by atoms with Crippen molar-refractivity contribution in [3.8, 4) is 5.75 Å². The molecule has 3 heteroatoms. The number of aromatic nitrogens is 1. The van der Waals surface area contributed by atoms with Crippen LogP contribution < -0.4 is 5.56 Å².